The molecule has 0 unspecified atom stereocenters. The molecule has 7 heteroatoms. The first-order valence-corrected chi connectivity index (χ1v) is 7.59. The van der Waals surface area contributed by atoms with Crippen molar-refractivity contribution in [2.75, 3.05) is 18.0 Å². The molecular formula is C16H18F2N4O. The van der Waals surface area contributed by atoms with Gasteiger partial charge < -0.3 is 15.2 Å². The monoisotopic (exact) mass is 320 g/mol. The number of benzene rings is 1. The van der Waals surface area contributed by atoms with Crippen LogP contribution < -0.4 is 15.8 Å². The second kappa shape index (κ2) is 6.87. The molecule has 1 aliphatic rings. The lowest BCUT2D eigenvalue weighted by Crippen LogP contribution is -2.47. The van der Waals surface area contributed by atoms with E-state index in [1.807, 2.05) is 4.90 Å². The van der Waals surface area contributed by atoms with Crippen LogP contribution in [0.15, 0.2) is 35.4 Å². The average molecular weight is 320 g/mol. The van der Waals surface area contributed by atoms with Crippen LogP contribution in [-0.2, 0) is 6.54 Å². The number of hydrogen-bond donors (Lipinski definition) is 2. The molecule has 0 radical (unpaired) electrons. The van der Waals surface area contributed by atoms with Gasteiger partial charge in [0.2, 0.25) is 0 Å². The van der Waals surface area contributed by atoms with E-state index in [0.29, 0.717) is 17.9 Å². The molecule has 0 spiro atoms. The number of nitrogens with one attached hydrogen (secondary N) is 2. The Morgan fingerprint density at radius 2 is 2.26 bits per heavy atom. The van der Waals surface area contributed by atoms with E-state index in [1.165, 1.54) is 12.3 Å². The molecular weight excluding hydrogens is 302 g/mol. The van der Waals surface area contributed by atoms with Gasteiger partial charge in [-0.25, -0.2) is 13.8 Å². The minimum Gasteiger partial charge on any atom is -0.350 e. The van der Waals surface area contributed by atoms with Crippen molar-refractivity contribution in [2.24, 2.45) is 0 Å². The molecule has 122 valence electrons. The zero-order valence-electron chi connectivity index (χ0n) is 12.6. The van der Waals surface area contributed by atoms with E-state index in [-0.39, 0.29) is 18.1 Å². The van der Waals surface area contributed by atoms with Gasteiger partial charge in [0.1, 0.15) is 11.6 Å². The minimum absolute atomic E-state index is 0.0906. The molecule has 23 heavy (non-hydrogen) atoms. The van der Waals surface area contributed by atoms with Crippen molar-refractivity contribution in [3.05, 3.63) is 58.1 Å². The Morgan fingerprint density at radius 3 is 3.09 bits per heavy atom. The van der Waals surface area contributed by atoms with Crippen molar-refractivity contribution in [2.45, 2.75) is 25.4 Å². The molecule has 1 aromatic carbocycles. The highest BCUT2D eigenvalue weighted by atomic mass is 19.1. The van der Waals surface area contributed by atoms with Crippen LogP contribution in [0.2, 0.25) is 0 Å². The summed E-state index contributed by atoms with van der Waals surface area (Å²) in [6.07, 6.45) is 4.87. The molecule has 0 aliphatic carbocycles. The fourth-order valence-corrected chi connectivity index (χ4v) is 2.84. The van der Waals surface area contributed by atoms with Gasteiger partial charge in [-0.05, 0) is 31.0 Å². The number of aromatic nitrogens is 2. The Bertz CT molecular complexity index is 734. The van der Waals surface area contributed by atoms with Crippen molar-refractivity contribution < 1.29 is 8.78 Å². The van der Waals surface area contributed by atoms with Crippen molar-refractivity contribution in [3.63, 3.8) is 0 Å². The van der Waals surface area contributed by atoms with Gasteiger partial charge in [0.05, 0.1) is 0 Å². The number of halogens is 2. The Kier molecular flexibility index (Phi) is 4.66. The molecule has 1 aliphatic heterocycles. The number of nitrogens with zero attached hydrogens (tertiary/aromatic N) is 2. The first-order chi connectivity index (χ1) is 11.1. The SMILES string of the molecule is O=c1[nH]ccnc1N1CCC[C@H](NCc2cc(F)ccc2F)C1. The van der Waals surface area contributed by atoms with Gasteiger partial charge in [0.15, 0.2) is 5.82 Å². The molecule has 1 saturated heterocycles. The lowest BCUT2D eigenvalue weighted by Gasteiger charge is -2.33. The van der Waals surface area contributed by atoms with E-state index in [0.717, 1.165) is 31.5 Å². The Balaban J connectivity index is 1.64. The molecule has 2 N–H and O–H groups in total. The fraction of sp³-hybridized carbons (Fsp3) is 0.375. The Hall–Kier alpha value is -2.28. The summed E-state index contributed by atoms with van der Waals surface area (Å²) in [5.41, 5.74) is 0.0853. The summed E-state index contributed by atoms with van der Waals surface area (Å²) in [5.74, 6) is -0.475. The second-order valence-electron chi connectivity index (χ2n) is 5.64. The molecule has 5 nitrogen and oxygen atoms in total. The third-order valence-corrected chi connectivity index (χ3v) is 4.00. The maximum atomic E-state index is 13.6. The summed E-state index contributed by atoms with van der Waals surface area (Å²) in [6, 6.07) is 3.53. The highest BCUT2D eigenvalue weighted by Gasteiger charge is 2.22. The molecule has 1 aromatic heterocycles. The largest absolute Gasteiger partial charge is 0.350 e. The summed E-state index contributed by atoms with van der Waals surface area (Å²) in [4.78, 5) is 20.5. The number of aromatic amines is 1. The first kappa shape index (κ1) is 15.6. The molecule has 2 aromatic rings. The zero-order chi connectivity index (χ0) is 16.2. The Labute approximate surface area is 132 Å². The molecule has 1 atom stereocenters. The van der Waals surface area contributed by atoms with E-state index in [2.05, 4.69) is 15.3 Å². The van der Waals surface area contributed by atoms with Crippen molar-refractivity contribution in [3.8, 4) is 0 Å². The van der Waals surface area contributed by atoms with Crippen molar-refractivity contribution >= 4 is 5.82 Å². The van der Waals surface area contributed by atoms with Gasteiger partial charge in [-0.2, -0.15) is 0 Å². The third kappa shape index (κ3) is 3.73. The van der Waals surface area contributed by atoms with Gasteiger partial charge in [-0.15, -0.1) is 0 Å². The molecule has 1 fully saturated rings. The topological polar surface area (TPSA) is 61.0 Å². The number of piperidine rings is 1. The van der Waals surface area contributed by atoms with E-state index < -0.39 is 11.6 Å². The van der Waals surface area contributed by atoms with Gasteiger partial charge in [-0.1, -0.05) is 0 Å². The van der Waals surface area contributed by atoms with Gasteiger partial charge in [-0.3, -0.25) is 4.79 Å². The van der Waals surface area contributed by atoms with Crippen LogP contribution in [0.25, 0.3) is 0 Å². The van der Waals surface area contributed by atoms with Crippen LogP contribution in [0.4, 0.5) is 14.6 Å². The maximum Gasteiger partial charge on any atom is 0.290 e. The van der Waals surface area contributed by atoms with Crippen LogP contribution in [0.5, 0.6) is 0 Å². The molecule has 2 heterocycles. The van der Waals surface area contributed by atoms with Crippen molar-refractivity contribution in [1.29, 1.82) is 0 Å². The van der Waals surface area contributed by atoms with Gasteiger partial charge >= 0.3 is 0 Å². The van der Waals surface area contributed by atoms with Crippen molar-refractivity contribution in [1.82, 2.24) is 15.3 Å². The van der Waals surface area contributed by atoms with Gasteiger partial charge in [0, 0.05) is 43.6 Å². The van der Waals surface area contributed by atoms with Crippen LogP contribution in [0.3, 0.4) is 0 Å². The van der Waals surface area contributed by atoms with E-state index in [1.54, 1.807) is 6.20 Å². The maximum absolute atomic E-state index is 13.6. The molecule has 0 amide bonds. The minimum atomic E-state index is -0.450. The summed E-state index contributed by atoms with van der Waals surface area (Å²) >= 11 is 0. The van der Waals surface area contributed by atoms with Crippen LogP contribution in [0.1, 0.15) is 18.4 Å². The zero-order valence-corrected chi connectivity index (χ0v) is 12.6. The lowest BCUT2D eigenvalue weighted by molar-refractivity contribution is 0.415. The number of H-pyrrole nitrogens is 1. The number of rotatable bonds is 4. The summed E-state index contributed by atoms with van der Waals surface area (Å²) in [6.45, 7) is 1.62. The Morgan fingerprint density at radius 1 is 1.39 bits per heavy atom. The number of anilines is 1. The second-order valence-corrected chi connectivity index (χ2v) is 5.64. The third-order valence-electron chi connectivity index (χ3n) is 4.00. The van der Waals surface area contributed by atoms with E-state index in [4.69, 9.17) is 0 Å². The highest BCUT2D eigenvalue weighted by Crippen LogP contribution is 2.16. The summed E-state index contributed by atoms with van der Waals surface area (Å²) in [7, 11) is 0. The molecule has 0 bridgehead atoms. The molecule has 0 saturated carbocycles. The standard InChI is InChI=1S/C16H18F2N4O/c17-12-3-4-14(18)11(8-12)9-21-13-2-1-7-22(10-13)15-16(23)20-6-5-19-15/h3-6,8,13,21H,1-2,7,9-10H2,(H,20,23)/t13-/m0/s1. The van der Waals surface area contributed by atoms with Gasteiger partial charge in [0.25, 0.3) is 5.56 Å². The summed E-state index contributed by atoms with van der Waals surface area (Å²) < 4.78 is 26.8. The normalized spacial score (nSPS) is 18.2. The predicted octanol–water partition coefficient (Wildman–Crippen LogP) is 1.81. The summed E-state index contributed by atoms with van der Waals surface area (Å²) in [5, 5.41) is 3.24. The van der Waals surface area contributed by atoms with Crippen LogP contribution >= 0.6 is 0 Å². The smallest absolute Gasteiger partial charge is 0.290 e. The predicted molar refractivity (Wildman–Crippen MR) is 83.3 cm³/mol. The van der Waals surface area contributed by atoms with Crippen LogP contribution in [-0.4, -0.2) is 29.1 Å². The fourth-order valence-electron chi connectivity index (χ4n) is 2.84. The van der Waals surface area contributed by atoms with E-state index in [9.17, 15) is 13.6 Å². The number of hydrogen-bond acceptors (Lipinski definition) is 4. The van der Waals surface area contributed by atoms with E-state index >= 15 is 0 Å². The lowest BCUT2D eigenvalue weighted by atomic mass is 10.1. The highest BCUT2D eigenvalue weighted by molar-refractivity contribution is 5.36. The first-order valence-electron chi connectivity index (χ1n) is 7.59. The quantitative estimate of drug-likeness (QED) is 0.902. The molecule has 3 rings (SSSR count). The average Bonchev–Trinajstić information content (AvgIpc) is 2.56. The van der Waals surface area contributed by atoms with Crippen LogP contribution in [0, 0.1) is 11.6 Å².